The molecule has 144 valence electrons. The van der Waals surface area contributed by atoms with Crippen LogP contribution in [0.25, 0.3) is 0 Å². The second kappa shape index (κ2) is 15.4. The fraction of sp³-hybridized carbons (Fsp3) is 0.739. The van der Waals surface area contributed by atoms with E-state index < -0.39 is 0 Å². The highest BCUT2D eigenvalue weighted by atomic mass is 16.5. The molecule has 0 aliphatic heterocycles. The summed E-state index contributed by atoms with van der Waals surface area (Å²) in [6, 6.07) is 8.78. The van der Waals surface area contributed by atoms with Crippen molar-refractivity contribution in [2.24, 2.45) is 0 Å². The monoisotopic (exact) mass is 348 g/mol. The molecular weight excluding hydrogens is 308 g/mol. The van der Waals surface area contributed by atoms with Crippen molar-refractivity contribution in [3.05, 3.63) is 35.4 Å². The van der Waals surface area contributed by atoms with E-state index in [-0.39, 0.29) is 6.61 Å². The van der Waals surface area contributed by atoms with Crippen LogP contribution in [0, 0.1) is 0 Å². The molecule has 1 aromatic rings. The number of aliphatic hydroxyl groups is 1. The summed E-state index contributed by atoms with van der Waals surface area (Å²) >= 11 is 0. The van der Waals surface area contributed by atoms with E-state index in [1.54, 1.807) is 0 Å². The standard InChI is InChI=1S/C23H40O2/c1-3-4-5-6-7-8-9-10-11-12-13-21(2)23-16-14-22(15-17-23)20-25-19-18-24/h14-17,21,24H,3-13,18-20H2,1-2H3. The maximum absolute atomic E-state index is 8.73. The van der Waals surface area contributed by atoms with Gasteiger partial charge in [0.25, 0.3) is 0 Å². The van der Waals surface area contributed by atoms with Crippen LogP contribution in [-0.2, 0) is 11.3 Å². The molecule has 1 aromatic carbocycles. The van der Waals surface area contributed by atoms with Crippen molar-refractivity contribution in [3.8, 4) is 0 Å². The summed E-state index contributed by atoms with van der Waals surface area (Å²) in [7, 11) is 0. The van der Waals surface area contributed by atoms with Gasteiger partial charge in [-0.15, -0.1) is 0 Å². The number of rotatable bonds is 16. The Bertz CT molecular complexity index is 399. The van der Waals surface area contributed by atoms with Gasteiger partial charge in [-0.3, -0.25) is 0 Å². The molecule has 0 aliphatic carbocycles. The van der Waals surface area contributed by atoms with Gasteiger partial charge < -0.3 is 9.84 Å². The average molecular weight is 349 g/mol. The maximum atomic E-state index is 8.73. The van der Waals surface area contributed by atoms with Gasteiger partial charge in [-0.25, -0.2) is 0 Å². The van der Waals surface area contributed by atoms with Gasteiger partial charge in [0, 0.05) is 0 Å². The van der Waals surface area contributed by atoms with E-state index in [9.17, 15) is 0 Å². The number of hydrogen-bond acceptors (Lipinski definition) is 2. The maximum Gasteiger partial charge on any atom is 0.0718 e. The van der Waals surface area contributed by atoms with Gasteiger partial charge in [0.2, 0.25) is 0 Å². The minimum absolute atomic E-state index is 0.0912. The molecule has 0 aromatic heterocycles. The first-order valence-electron chi connectivity index (χ1n) is 10.5. The molecule has 0 heterocycles. The highest BCUT2D eigenvalue weighted by Crippen LogP contribution is 2.23. The smallest absolute Gasteiger partial charge is 0.0718 e. The van der Waals surface area contributed by atoms with Crippen LogP contribution in [0.1, 0.15) is 102 Å². The second-order valence-electron chi connectivity index (χ2n) is 7.39. The molecule has 0 radical (unpaired) electrons. The van der Waals surface area contributed by atoms with E-state index in [2.05, 4.69) is 38.1 Å². The quantitative estimate of drug-likeness (QED) is 0.341. The number of hydrogen-bond donors (Lipinski definition) is 1. The number of aliphatic hydroxyl groups excluding tert-OH is 1. The van der Waals surface area contributed by atoms with Crippen molar-refractivity contribution in [1.82, 2.24) is 0 Å². The summed E-state index contributed by atoms with van der Waals surface area (Å²) in [6.07, 6.45) is 15.3. The van der Waals surface area contributed by atoms with E-state index in [4.69, 9.17) is 9.84 Å². The van der Waals surface area contributed by atoms with E-state index in [0.29, 0.717) is 19.1 Å². The lowest BCUT2D eigenvalue weighted by molar-refractivity contribution is 0.0815. The fourth-order valence-corrected chi connectivity index (χ4v) is 3.30. The molecule has 1 N–H and O–H groups in total. The van der Waals surface area contributed by atoms with Gasteiger partial charge in [0.05, 0.1) is 19.8 Å². The first-order chi connectivity index (χ1) is 12.3. The van der Waals surface area contributed by atoms with E-state index in [0.717, 1.165) is 0 Å². The largest absolute Gasteiger partial charge is 0.394 e. The van der Waals surface area contributed by atoms with Crippen LogP contribution in [0.5, 0.6) is 0 Å². The van der Waals surface area contributed by atoms with Gasteiger partial charge >= 0.3 is 0 Å². The zero-order valence-corrected chi connectivity index (χ0v) is 16.6. The molecule has 0 spiro atoms. The highest BCUT2D eigenvalue weighted by Gasteiger charge is 2.05. The van der Waals surface area contributed by atoms with Crippen LogP contribution in [0.4, 0.5) is 0 Å². The van der Waals surface area contributed by atoms with Crippen LogP contribution >= 0.6 is 0 Å². The number of benzene rings is 1. The molecule has 0 saturated heterocycles. The summed E-state index contributed by atoms with van der Waals surface area (Å²) in [4.78, 5) is 0. The highest BCUT2D eigenvalue weighted by molar-refractivity contribution is 5.24. The van der Waals surface area contributed by atoms with Crippen molar-refractivity contribution in [1.29, 1.82) is 0 Å². The zero-order chi connectivity index (χ0) is 18.2. The lowest BCUT2D eigenvalue weighted by Gasteiger charge is -2.12. The Morgan fingerprint density at radius 2 is 1.40 bits per heavy atom. The molecule has 1 unspecified atom stereocenters. The average Bonchev–Trinajstić information content (AvgIpc) is 2.64. The summed E-state index contributed by atoms with van der Waals surface area (Å²) < 4.78 is 5.36. The molecule has 1 rings (SSSR count). The summed E-state index contributed by atoms with van der Waals surface area (Å²) in [5.74, 6) is 0.640. The molecule has 0 saturated carbocycles. The van der Waals surface area contributed by atoms with Gasteiger partial charge in [0.1, 0.15) is 0 Å². The number of ether oxygens (including phenoxy) is 1. The molecule has 2 nitrogen and oxygen atoms in total. The molecule has 1 atom stereocenters. The van der Waals surface area contributed by atoms with Crippen LogP contribution in [0.2, 0.25) is 0 Å². The Kier molecular flexibility index (Phi) is 13.7. The molecule has 0 bridgehead atoms. The van der Waals surface area contributed by atoms with Crippen LogP contribution in [0.15, 0.2) is 24.3 Å². The Morgan fingerprint density at radius 3 is 1.96 bits per heavy atom. The van der Waals surface area contributed by atoms with E-state index >= 15 is 0 Å². The van der Waals surface area contributed by atoms with Gasteiger partial charge in [-0.1, -0.05) is 102 Å². The Hall–Kier alpha value is -0.860. The van der Waals surface area contributed by atoms with E-state index in [1.165, 1.54) is 81.8 Å². The third-order valence-electron chi connectivity index (χ3n) is 5.04. The van der Waals surface area contributed by atoms with Crippen LogP contribution < -0.4 is 0 Å². The topological polar surface area (TPSA) is 29.5 Å². The Labute approximate surface area is 156 Å². The van der Waals surface area contributed by atoms with Crippen molar-refractivity contribution >= 4 is 0 Å². The molecule has 2 heteroatoms. The zero-order valence-electron chi connectivity index (χ0n) is 16.6. The SMILES string of the molecule is CCCCCCCCCCCCC(C)c1ccc(COCCO)cc1. The Balaban J connectivity index is 2.05. The molecular formula is C23H40O2. The molecule has 25 heavy (non-hydrogen) atoms. The van der Waals surface area contributed by atoms with Gasteiger partial charge in [0.15, 0.2) is 0 Å². The molecule has 0 aliphatic rings. The predicted molar refractivity (Wildman–Crippen MR) is 108 cm³/mol. The Morgan fingerprint density at radius 1 is 0.840 bits per heavy atom. The van der Waals surface area contributed by atoms with Crippen molar-refractivity contribution in [2.45, 2.75) is 97.0 Å². The first kappa shape index (κ1) is 22.2. The first-order valence-corrected chi connectivity index (χ1v) is 10.5. The lowest BCUT2D eigenvalue weighted by atomic mass is 9.94. The summed E-state index contributed by atoms with van der Waals surface area (Å²) in [5.41, 5.74) is 2.62. The van der Waals surface area contributed by atoms with Gasteiger partial charge in [-0.2, -0.15) is 0 Å². The second-order valence-corrected chi connectivity index (χ2v) is 7.39. The lowest BCUT2D eigenvalue weighted by Crippen LogP contribution is -2.00. The minimum Gasteiger partial charge on any atom is -0.394 e. The van der Waals surface area contributed by atoms with Crippen molar-refractivity contribution in [3.63, 3.8) is 0 Å². The normalized spacial score (nSPS) is 12.4. The van der Waals surface area contributed by atoms with Crippen molar-refractivity contribution < 1.29 is 9.84 Å². The fourth-order valence-electron chi connectivity index (χ4n) is 3.30. The number of unbranched alkanes of at least 4 members (excludes halogenated alkanes) is 9. The van der Waals surface area contributed by atoms with E-state index in [1.807, 2.05) is 0 Å². The predicted octanol–water partition coefficient (Wildman–Crippen LogP) is 6.61. The third kappa shape index (κ3) is 11.4. The molecule has 0 fully saturated rings. The molecule has 0 amide bonds. The minimum atomic E-state index is 0.0912. The summed E-state index contributed by atoms with van der Waals surface area (Å²) in [6.45, 7) is 5.71. The van der Waals surface area contributed by atoms with Crippen LogP contribution in [-0.4, -0.2) is 18.3 Å². The summed E-state index contributed by atoms with van der Waals surface area (Å²) in [5, 5.41) is 8.73. The van der Waals surface area contributed by atoms with Crippen molar-refractivity contribution in [2.75, 3.05) is 13.2 Å². The third-order valence-corrected chi connectivity index (χ3v) is 5.04. The van der Waals surface area contributed by atoms with Gasteiger partial charge in [-0.05, 0) is 23.5 Å². The van der Waals surface area contributed by atoms with Crippen LogP contribution in [0.3, 0.4) is 0 Å².